The number of hydrogen-bond donors (Lipinski definition) is 1. The molecule has 3 atom stereocenters. The second kappa shape index (κ2) is 3.46. The number of piperazine rings is 1. The van der Waals surface area contributed by atoms with E-state index in [-0.39, 0.29) is 12.0 Å². The van der Waals surface area contributed by atoms with Crippen molar-refractivity contribution in [2.45, 2.75) is 31.3 Å². The molecule has 4 heteroatoms. The molecule has 1 saturated carbocycles. The van der Waals surface area contributed by atoms with Gasteiger partial charge < -0.3 is 10.6 Å². The lowest BCUT2D eigenvalue weighted by atomic mass is 10.1. The quantitative estimate of drug-likeness (QED) is 0.641. The molecule has 3 fully saturated rings. The molecule has 2 N–H and O–H groups in total. The maximum absolute atomic E-state index is 12.0. The third-order valence-corrected chi connectivity index (χ3v) is 4.06. The van der Waals surface area contributed by atoms with Gasteiger partial charge in [-0.15, -0.1) is 0 Å². The summed E-state index contributed by atoms with van der Waals surface area (Å²) < 4.78 is 0. The van der Waals surface area contributed by atoms with Crippen LogP contribution in [0.25, 0.3) is 0 Å². The van der Waals surface area contributed by atoms with Crippen molar-refractivity contribution in [2.75, 3.05) is 26.2 Å². The van der Waals surface area contributed by atoms with Crippen molar-refractivity contribution >= 4 is 5.91 Å². The first-order chi connectivity index (χ1) is 7.25. The summed E-state index contributed by atoms with van der Waals surface area (Å²) in [5.41, 5.74) is 5.72. The van der Waals surface area contributed by atoms with E-state index in [2.05, 4.69) is 4.90 Å². The van der Waals surface area contributed by atoms with E-state index in [0.29, 0.717) is 11.9 Å². The Balaban J connectivity index is 1.61. The zero-order chi connectivity index (χ0) is 10.4. The van der Waals surface area contributed by atoms with Gasteiger partial charge >= 0.3 is 0 Å². The van der Waals surface area contributed by atoms with Gasteiger partial charge in [-0.1, -0.05) is 0 Å². The molecule has 0 aromatic rings. The van der Waals surface area contributed by atoms with Crippen molar-refractivity contribution in [3.63, 3.8) is 0 Å². The molecule has 3 unspecified atom stereocenters. The van der Waals surface area contributed by atoms with Crippen LogP contribution in [0, 0.1) is 5.92 Å². The molecule has 2 aliphatic heterocycles. The minimum Gasteiger partial charge on any atom is -0.340 e. The van der Waals surface area contributed by atoms with Gasteiger partial charge in [0.2, 0.25) is 5.91 Å². The molecule has 2 heterocycles. The molecule has 0 radical (unpaired) electrons. The molecule has 3 rings (SSSR count). The summed E-state index contributed by atoms with van der Waals surface area (Å²) >= 11 is 0. The summed E-state index contributed by atoms with van der Waals surface area (Å²) in [5.74, 6) is 0.465. The van der Waals surface area contributed by atoms with Gasteiger partial charge in [-0.3, -0.25) is 9.69 Å². The number of hydrogen-bond acceptors (Lipinski definition) is 3. The first-order valence-electron chi connectivity index (χ1n) is 6.04. The fourth-order valence-corrected chi connectivity index (χ4v) is 2.92. The van der Waals surface area contributed by atoms with E-state index in [1.54, 1.807) is 0 Å². The number of rotatable bonds is 1. The van der Waals surface area contributed by atoms with Crippen LogP contribution in [-0.2, 0) is 4.79 Å². The van der Waals surface area contributed by atoms with E-state index >= 15 is 0 Å². The average molecular weight is 209 g/mol. The van der Waals surface area contributed by atoms with Gasteiger partial charge in [-0.05, 0) is 25.8 Å². The maximum Gasteiger partial charge on any atom is 0.227 e. The lowest BCUT2D eigenvalue weighted by Crippen LogP contribution is -2.52. The molecule has 2 saturated heterocycles. The van der Waals surface area contributed by atoms with Gasteiger partial charge in [0, 0.05) is 31.7 Å². The first kappa shape index (κ1) is 9.60. The fourth-order valence-electron chi connectivity index (χ4n) is 2.92. The van der Waals surface area contributed by atoms with Gasteiger partial charge in [0.05, 0.1) is 5.92 Å². The Morgan fingerprint density at radius 3 is 2.80 bits per heavy atom. The van der Waals surface area contributed by atoms with E-state index in [9.17, 15) is 4.79 Å². The summed E-state index contributed by atoms with van der Waals surface area (Å²) in [7, 11) is 0. The van der Waals surface area contributed by atoms with Gasteiger partial charge in [0.25, 0.3) is 0 Å². The number of carbonyl (C=O) groups excluding carboxylic acids is 1. The Morgan fingerprint density at radius 2 is 2.07 bits per heavy atom. The van der Waals surface area contributed by atoms with Crippen molar-refractivity contribution in [2.24, 2.45) is 11.7 Å². The molecular formula is C11H19N3O. The van der Waals surface area contributed by atoms with Gasteiger partial charge in [-0.2, -0.15) is 0 Å². The molecular weight excluding hydrogens is 190 g/mol. The predicted octanol–water partition coefficient (Wildman–Crippen LogP) is -0.360. The Morgan fingerprint density at radius 1 is 1.27 bits per heavy atom. The van der Waals surface area contributed by atoms with Crippen LogP contribution in [0.15, 0.2) is 0 Å². The minimum atomic E-state index is 0.151. The van der Waals surface area contributed by atoms with Crippen LogP contribution < -0.4 is 5.73 Å². The lowest BCUT2D eigenvalue weighted by molar-refractivity contribution is -0.135. The molecule has 0 aromatic heterocycles. The smallest absolute Gasteiger partial charge is 0.227 e. The van der Waals surface area contributed by atoms with Crippen molar-refractivity contribution in [1.29, 1.82) is 0 Å². The molecule has 3 aliphatic rings. The largest absolute Gasteiger partial charge is 0.340 e. The Kier molecular flexibility index (Phi) is 2.21. The molecule has 0 spiro atoms. The topological polar surface area (TPSA) is 49.6 Å². The average Bonchev–Trinajstić information content (AvgIpc) is 2.80. The van der Waals surface area contributed by atoms with Crippen molar-refractivity contribution < 1.29 is 4.79 Å². The van der Waals surface area contributed by atoms with Crippen molar-refractivity contribution in [3.05, 3.63) is 0 Å². The van der Waals surface area contributed by atoms with Gasteiger partial charge in [0.1, 0.15) is 0 Å². The molecule has 1 aliphatic carbocycles. The molecule has 0 aromatic carbocycles. The minimum absolute atomic E-state index is 0.151. The van der Waals surface area contributed by atoms with Crippen molar-refractivity contribution in [1.82, 2.24) is 9.80 Å². The highest BCUT2D eigenvalue weighted by atomic mass is 16.2. The zero-order valence-electron chi connectivity index (χ0n) is 9.06. The summed E-state index contributed by atoms with van der Waals surface area (Å²) in [6.07, 6.45) is 3.47. The van der Waals surface area contributed by atoms with E-state index < -0.39 is 0 Å². The van der Waals surface area contributed by atoms with Crippen LogP contribution in [0.5, 0.6) is 0 Å². The van der Waals surface area contributed by atoms with Gasteiger partial charge in [0.15, 0.2) is 0 Å². The summed E-state index contributed by atoms with van der Waals surface area (Å²) in [6.45, 7) is 4.16. The Bertz CT molecular complexity index is 281. The van der Waals surface area contributed by atoms with E-state index in [1.807, 2.05) is 4.90 Å². The second-order valence-corrected chi connectivity index (χ2v) is 5.12. The number of nitrogens with two attached hydrogens (primary N) is 1. The Hall–Kier alpha value is -0.610. The van der Waals surface area contributed by atoms with Crippen LogP contribution >= 0.6 is 0 Å². The third-order valence-electron chi connectivity index (χ3n) is 4.06. The van der Waals surface area contributed by atoms with E-state index in [4.69, 9.17) is 5.73 Å². The van der Waals surface area contributed by atoms with E-state index in [0.717, 1.165) is 26.1 Å². The Labute approximate surface area is 90.4 Å². The second-order valence-electron chi connectivity index (χ2n) is 5.12. The molecule has 15 heavy (non-hydrogen) atoms. The maximum atomic E-state index is 12.0. The van der Waals surface area contributed by atoms with Crippen LogP contribution in [0.2, 0.25) is 0 Å². The molecule has 84 valence electrons. The number of carbonyl (C=O) groups is 1. The molecule has 0 bridgehead atoms. The third kappa shape index (κ3) is 1.66. The van der Waals surface area contributed by atoms with Gasteiger partial charge in [-0.25, -0.2) is 0 Å². The highest BCUT2D eigenvalue weighted by Gasteiger charge is 2.44. The normalized spacial score (nSPS) is 40.3. The van der Waals surface area contributed by atoms with Crippen LogP contribution in [-0.4, -0.2) is 54.0 Å². The highest BCUT2D eigenvalue weighted by Crippen LogP contribution is 2.31. The first-order valence-corrected chi connectivity index (χ1v) is 6.04. The molecule has 4 nitrogen and oxygen atoms in total. The SMILES string of the molecule is NC1CC1C(=O)N1CCN2CCCC2C1. The zero-order valence-corrected chi connectivity index (χ0v) is 9.06. The number of amides is 1. The highest BCUT2D eigenvalue weighted by molar-refractivity contribution is 5.82. The lowest BCUT2D eigenvalue weighted by Gasteiger charge is -2.37. The molecule has 1 amide bonds. The van der Waals surface area contributed by atoms with Crippen LogP contribution in [0.1, 0.15) is 19.3 Å². The van der Waals surface area contributed by atoms with E-state index in [1.165, 1.54) is 19.4 Å². The standard InChI is InChI=1S/C11H19N3O/c12-10-6-9(10)11(15)14-5-4-13-3-1-2-8(13)7-14/h8-10H,1-7,12H2. The van der Waals surface area contributed by atoms with Crippen LogP contribution in [0.4, 0.5) is 0 Å². The summed E-state index contributed by atoms with van der Waals surface area (Å²) in [4.78, 5) is 16.6. The summed E-state index contributed by atoms with van der Waals surface area (Å²) in [6, 6.07) is 0.789. The summed E-state index contributed by atoms with van der Waals surface area (Å²) in [5, 5.41) is 0. The van der Waals surface area contributed by atoms with Crippen molar-refractivity contribution in [3.8, 4) is 0 Å². The number of fused-ring (bicyclic) bond motifs is 1. The fraction of sp³-hybridized carbons (Fsp3) is 0.909. The number of nitrogens with zero attached hydrogens (tertiary/aromatic N) is 2. The van der Waals surface area contributed by atoms with Crippen LogP contribution in [0.3, 0.4) is 0 Å². The monoisotopic (exact) mass is 209 g/mol. The predicted molar refractivity (Wildman–Crippen MR) is 57.3 cm³/mol.